The Kier molecular flexibility index (Phi) is 3.71. The van der Waals surface area contributed by atoms with Crippen LogP contribution in [-0.2, 0) is 0 Å². The molecule has 0 radical (unpaired) electrons. The third kappa shape index (κ3) is 2.49. The zero-order valence-electron chi connectivity index (χ0n) is 12.2. The van der Waals surface area contributed by atoms with Gasteiger partial charge < -0.3 is 9.72 Å². The van der Waals surface area contributed by atoms with Crippen molar-refractivity contribution in [3.63, 3.8) is 0 Å². The maximum atomic E-state index is 5.97. The van der Waals surface area contributed by atoms with Gasteiger partial charge in [0.25, 0.3) is 0 Å². The summed E-state index contributed by atoms with van der Waals surface area (Å²) in [4.78, 5) is 3.35. The van der Waals surface area contributed by atoms with Crippen LogP contribution in [0, 0.1) is 4.77 Å². The lowest BCUT2D eigenvalue weighted by atomic mass is 10.1. The number of nitrogens with zero attached hydrogens (tertiary/aromatic N) is 1. The van der Waals surface area contributed by atoms with Crippen LogP contribution in [0.3, 0.4) is 0 Å². The van der Waals surface area contributed by atoms with Gasteiger partial charge in [0.15, 0.2) is 4.77 Å². The molecule has 1 aliphatic heterocycles. The van der Waals surface area contributed by atoms with Gasteiger partial charge in [0.2, 0.25) is 0 Å². The molecular formula is C17H13ClN2OS2. The van der Waals surface area contributed by atoms with E-state index in [9.17, 15) is 0 Å². The molecule has 1 atom stereocenters. The van der Waals surface area contributed by atoms with E-state index in [2.05, 4.69) is 21.7 Å². The SMILES string of the molecule is COc1ccc(-n2c3c([nH]c2=S)C(c2ccc(Cl)cc2)S3)cc1. The van der Waals surface area contributed by atoms with Crippen LogP contribution in [0.2, 0.25) is 5.02 Å². The summed E-state index contributed by atoms with van der Waals surface area (Å²) in [7, 11) is 1.66. The van der Waals surface area contributed by atoms with Crippen molar-refractivity contribution in [2.45, 2.75) is 10.3 Å². The molecule has 0 saturated carbocycles. The minimum absolute atomic E-state index is 0.281. The van der Waals surface area contributed by atoms with E-state index in [0.29, 0.717) is 4.77 Å². The quantitative estimate of drug-likeness (QED) is 0.635. The van der Waals surface area contributed by atoms with Crippen LogP contribution >= 0.6 is 35.6 Å². The fraction of sp³-hybridized carbons (Fsp3) is 0.118. The van der Waals surface area contributed by atoms with Crippen molar-refractivity contribution in [2.24, 2.45) is 0 Å². The number of hydrogen-bond acceptors (Lipinski definition) is 3. The molecule has 2 heterocycles. The Labute approximate surface area is 148 Å². The molecule has 2 aromatic carbocycles. The average Bonchev–Trinajstić information content (AvgIpc) is 2.81. The van der Waals surface area contributed by atoms with Crippen molar-refractivity contribution >= 4 is 35.6 Å². The predicted octanol–water partition coefficient (Wildman–Crippen LogP) is 5.39. The number of thioether (sulfide) groups is 1. The highest BCUT2D eigenvalue weighted by atomic mass is 35.5. The highest BCUT2D eigenvalue weighted by Gasteiger charge is 2.34. The number of halogens is 1. The van der Waals surface area contributed by atoms with Gasteiger partial charge in [-0.1, -0.05) is 35.5 Å². The van der Waals surface area contributed by atoms with Gasteiger partial charge in [-0.25, -0.2) is 0 Å². The van der Waals surface area contributed by atoms with Crippen LogP contribution in [0.15, 0.2) is 53.6 Å². The van der Waals surface area contributed by atoms with Crippen LogP contribution in [0.25, 0.3) is 5.69 Å². The Morgan fingerprint density at radius 1 is 1.13 bits per heavy atom. The molecule has 1 aromatic heterocycles. The molecule has 3 aromatic rings. The van der Waals surface area contributed by atoms with E-state index in [4.69, 9.17) is 28.6 Å². The normalized spacial score (nSPS) is 15.8. The predicted molar refractivity (Wildman–Crippen MR) is 96.7 cm³/mol. The first-order valence-electron chi connectivity index (χ1n) is 7.09. The summed E-state index contributed by atoms with van der Waals surface area (Å²) in [5, 5.41) is 2.20. The molecule has 0 saturated heterocycles. The summed E-state index contributed by atoms with van der Waals surface area (Å²) in [5.41, 5.74) is 3.43. The molecule has 23 heavy (non-hydrogen) atoms. The molecule has 3 nitrogen and oxygen atoms in total. The van der Waals surface area contributed by atoms with E-state index >= 15 is 0 Å². The Hall–Kier alpha value is -1.69. The molecule has 6 heteroatoms. The van der Waals surface area contributed by atoms with Gasteiger partial charge in [0.1, 0.15) is 10.8 Å². The number of H-pyrrole nitrogens is 1. The summed E-state index contributed by atoms with van der Waals surface area (Å²) in [6.45, 7) is 0. The van der Waals surface area contributed by atoms with Crippen molar-refractivity contribution in [2.75, 3.05) is 7.11 Å². The number of imidazole rings is 1. The molecule has 1 aliphatic rings. The van der Waals surface area contributed by atoms with Crippen LogP contribution in [0.5, 0.6) is 5.75 Å². The number of aromatic amines is 1. The molecule has 0 aliphatic carbocycles. The number of fused-ring (bicyclic) bond motifs is 1. The minimum Gasteiger partial charge on any atom is -0.497 e. The summed E-state index contributed by atoms with van der Waals surface area (Å²) < 4.78 is 7.99. The zero-order chi connectivity index (χ0) is 16.0. The lowest BCUT2D eigenvalue weighted by Gasteiger charge is -2.27. The smallest absolute Gasteiger partial charge is 0.182 e. The lowest BCUT2D eigenvalue weighted by molar-refractivity contribution is 0.414. The fourth-order valence-corrected chi connectivity index (χ4v) is 4.39. The minimum atomic E-state index is 0.281. The molecule has 4 rings (SSSR count). The number of benzene rings is 2. The van der Waals surface area contributed by atoms with Gasteiger partial charge in [-0.2, -0.15) is 0 Å². The third-order valence-corrected chi connectivity index (χ3v) is 5.78. The molecule has 116 valence electrons. The Balaban J connectivity index is 1.71. The molecule has 1 unspecified atom stereocenters. The van der Waals surface area contributed by atoms with Crippen LogP contribution in [0.4, 0.5) is 0 Å². The Morgan fingerprint density at radius 3 is 2.48 bits per heavy atom. The summed E-state index contributed by atoms with van der Waals surface area (Å²) in [6, 6.07) is 15.9. The van der Waals surface area contributed by atoms with Gasteiger partial charge in [-0.3, -0.25) is 4.57 Å². The number of aromatic nitrogens is 2. The van der Waals surface area contributed by atoms with E-state index in [1.165, 1.54) is 10.6 Å². The van der Waals surface area contributed by atoms with Gasteiger partial charge >= 0.3 is 0 Å². The maximum absolute atomic E-state index is 5.97. The largest absolute Gasteiger partial charge is 0.497 e. The summed E-state index contributed by atoms with van der Waals surface area (Å²) in [5.74, 6) is 0.835. The summed E-state index contributed by atoms with van der Waals surface area (Å²) >= 11 is 13.3. The number of methoxy groups -OCH3 is 1. The Bertz CT molecular complexity index is 913. The molecule has 0 spiro atoms. The topological polar surface area (TPSA) is 29.9 Å². The second-order valence-electron chi connectivity index (χ2n) is 5.23. The molecule has 1 N–H and O–H groups in total. The van der Waals surface area contributed by atoms with E-state index in [0.717, 1.165) is 22.2 Å². The van der Waals surface area contributed by atoms with Crippen molar-refractivity contribution in [3.8, 4) is 11.4 Å². The van der Waals surface area contributed by atoms with Crippen molar-refractivity contribution in [3.05, 3.63) is 69.6 Å². The first kappa shape index (κ1) is 14.9. The fourth-order valence-electron chi connectivity index (χ4n) is 2.68. The lowest BCUT2D eigenvalue weighted by Crippen LogP contribution is -2.10. The highest BCUT2D eigenvalue weighted by molar-refractivity contribution is 8.01. The van der Waals surface area contributed by atoms with E-state index < -0.39 is 0 Å². The number of rotatable bonds is 3. The first-order valence-corrected chi connectivity index (χ1v) is 8.75. The third-order valence-electron chi connectivity index (χ3n) is 3.87. The number of ether oxygens (including phenoxy) is 1. The standard InChI is InChI=1S/C17H13ClN2OS2/c1-21-13-8-6-12(7-9-13)20-16-14(19-17(20)22)15(23-16)10-2-4-11(18)5-3-10/h2-9,15H,1H3,(H,19,22). The molecule has 0 fully saturated rings. The van der Waals surface area contributed by atoms with Gasteiger partial charge in [0.05, 0.1) is 18.1 Å². The van der Waals surface area contributed by atoms with E-state index in [-0.39, 0.29) is 5.25 Å². The summed E-state index contributed by atoms with van der Waals surface area (Å²) in [6.07, 6.45) is 0. The van der Waals surface area contributed by atoms with Gasteiger partial charge in [-0.15, -0.1) is 0 Å². The second kappa shape index (κ2) is 5.74. The van der Waals surface area contributed by atoms with E-state index in [1.54, 1.807) is 18.9 Å². The van der Waals surface area contributed by atoms with Crippen molar-refractivity contribution in [1.29, 1.82) is 0 Å². The average molecular weight is 361 g/mol. The van der Waals surface area contributed by atoms with Gasteiger partial charge in [0, 0.05) is 10.7 Å². The molecule has 0 amide bonds. The van der Waals surface area contributed by atoms with Gasteiger partial charge in [-0.05, 0) is 54.2 Å². The molecule has 0 bridgehead atoms. The maximum Gasteiger partial charge on any atom is 0.182 e. The second-order valence-corrected chi connectivity index (χ2v) is 7.15. The highest BCUT2D eigenvalue weighted by Crippen LogP contribution is 2.53. The first-order chi connectivity index (χ1) is 11.2. The van der Waals surface area contributed by atoms with Crippen LogP contribution in [0.1, 0.15) is 16.5 Å². The Morgan fingerprint density at radius 2 is 1.83 bits per heavy atom. The number of hydrogen-bond donors (Lipinski definition) is 1. The van der Waals surface area contributed by atoms with E-state index in [1.807, 2.05) is 36.4 Å². The number of nitrogens with one attached hydrogen (secondary N) is 1. The zero-order valence-corrected chi connectivity index (χ0v) is 14.6. The van der Waals surface area contributed by atoms with Crippen molar-refractivity contribution < 1.29 is 4.74 Å². The monoisotopic (exact) mass is 360 g/mol. The molecular weight excluding hydrogens is 348 g/mol. The van der Waals surface area contributed by atoms with Crippen molar-refractivity contribution in [1.82, 2.24) is 9.55 Å². The van der Waals surface area contributed by atoms with Crippen LogP contribution in [-0.4, -0.2) is 16.7 Å². The van der Waals surface area contributed by atoms with Crippen LogP contribution < -0.4 is 4.74 Å².